The van der Waals surface area contributed by atoms with E-state index in [2.05, 4.69) is 37.6 Å². The van der Waals surface area contributed by atoms with Crippen LogP contribution in [0.1, 0.15) is 70.5 Å². The maximum absolute atomic E-state index is 12.4. The SMILES string of the molecule is CCC(=O)N1CCCC2(CCc3c(N(C)CCOC)nc(C(C)(C)C)nc32)C1. The summed E-state index contributed by atoms with van der Waals surface area (Å²) in [6.45, 7) is 11.6. The summed E-state index contributed by atoms with van der Waals surface area (Å²) in [4.78, 5) is 26.8. The molecule has 1 unspecified atom stereocenters. The molecule has 0 N–H and O–H groups in total. The molecule has 2 heterocycles. The summed E-state index contributed by atoms with van der Waals surface area (Å²) >= 11 is 0. The predicted octanol–water partition coefficient (Wildman–Crippen LogP) is 3.07. The zero-order chi connectivity index (χ0) is 20.5. The van der Waals surface area contributed by atoms with Gasteiger partial charge in [0.15, 0.2) is 0 Å². The number of fused-ring (bicyclic) bond motifs is 2. The summed E-state index contributed by atoms with van der Waals surface area (Å²) in [6, 6.07) is 0. The fraction of sp³-hybridized carbons (Fsp3) is 0.773. The third-order valence-electron chi connectivity index (χ3n) is 6.24. The molecular formula is C22H36N4O2. The molecule has 1 aromatic rings. The van der Waals surface area contributed by atoms with Gasteiger partial charge in [0.25, 0.3) is 0 Å². The number of amides is 1. The van der Waals surface area contributed by atoms with Crippen molar-refractivity contribution >= 4 is 11.7 Å². The minimum atomic E-state index is -0.122. The monoisotopic (exact) mass is 388 g/mol. The molecule has 3 rings (SSSR count). The third kappa shape index (κ3) is 3.88. The van der Waals surface area contributed by atoms with Gasteiger partial charge in [-0.2, -0.15) is 0 Å². The summed E-state index contributed by atoms with van der Waals surface area (Å²) < 4.78 is 5.28. The number of ether oxygens (including phenoxy) is 1. The van der Waals surface area contributed by atoms with E-state index >= 15 is 0 Å². The van der Waals surface area contributed by atoms with Crippen LogP contribution in [-0.2, 0) is 26.8 Å². The van der Waals surface area contributed by atoms with Gasteiger partial charge in [-0.05, 0) is 25.7 Å². The molecular weight excluding hydrogens is 352 g/mol. The summed E-state index contributed by atoms with van der Waals surface area (Å²) in [5, 5.41) is 0. The van der Waals surface area contributed by atoms with Crippen molar-refractivity contribution in [2.45, 2.75) is 70.6 Å². The van der Waals surface area contributed by atoms with Crippen LogP contribution in [-0.4, -0.2) is 61.2 Å². The van der Waals surface area contributed by atoms with Crippen molar-refractivity contribution < 1.29 is 9.53 Å². The van der Waals surface area contributed by atoms with Crippen LogP contribution >= 0.6 is 0 Å². The summed E-state index contributed by atoms with van der Waals surface area (Å²) in [6.07, 6.45) is 4.78. The molecule has 28 heavy (non-hydrogen) atoms. The maximum Gasteiger partial charge on any atom is 0.222 e. The van der Waals surface area contributed by atoms with E-state index in [1.54, 1.807) is 7.11 Å². The lowest BCUT2D eigenvalue weighted by atomic mass is 9.77. The van der Waals surface area contributed by atoms with E-state index in [1.807, 2.05) is 6.92 Å². The number of anilines is 1. The average molecular weight is 389 g/mol. The molecule has 6 nitrogen and oxygen atoms in total. The Morgan fingerprint density at radius 2 is 2.04 bits per heavy atom. The van der Waals surface area contributed by atoms with Crippen LogP contribution in [0.15, 0.2) is 0 Å². The first-order valence-electron chi connectivity index (χ1n) is 10.6. The summed E-state index contributed by atoms with van der Waals surface area (Å²) in [5.41, 5.74) is 2.33. The van der Waals surface area contributed by atoms with E-state index < -0.39 is 0 Å². The van der Waals surface area contributed by atoms with Gasteiger partial charge in [-0.3, -0.25) is 4.79 Å². The molecule has 0 saturated carbocycles. The predicted molar refractivity (Wildman–Crippen MR) is 112 cm³/mol. The van der Waals surface area contributed by atoms with Gasteiger partial charge >= 0.3 is 0 Å². The van der Waals surface area contributed by atoms with E-state index in [0.29, 0.717) is 13.0 Å². The van der Waals surface area contributed by atoms with Gasteiger partial charge in [-0.1, -0.05) is 27.7 Å². The smallest absolute Gasteiger partial charge is 0.222 e. The van der Waals surface area contributed by atoms with Gasteiger partial charge in [-0.25, -0.2) is 9.97 Å². The standard InChI is InChI=1S/C22H36N4O2/c1-7-17(27)26-12-8-10-22(15-26)11-9-16-18(22)23-20(21(2,3)4)24-19(16)25(5)13-14-28-6/h7-15H2,1-6H3. The van der Waals surface area contributed by atoms with Gasteiger partial charge in [0.05, 0.1) is 12.3 Å². The fourth-order valence-corrected chi connectivity index (χ4v) is 4.57. The first-order valence-corrected chi connectivity index (χ1v) is 10.6. The molecule has 0 bridgehead atoms. The van der Waals surface area contributed by atoms with Gasteiger partial charge in [-0.15, -0.1) is 0 Å². The van der Waals surface area contributed by atoms with Gasteiger partial charge < -0.3 is 14.5 Å². The number of carbonyl (C=O) groups is 1. The second-order valence-electron chi connectivity index (χ2n) is 9.42. The van der Waals surface area contributed by atoms with Crippen LogP contribution in [0.25, 0.3) is 0 Å². The highest BCUT2D eigenvalue weighted by atomic mass is 16.5. The highest BCUT2D eigenvalue weighted by molar-refractivity contribution is 5.76. The third-order valence-corrected chi connectivity index (χ3v) is 6.24. The van der Waals surface area contributed by atoms with E-state index in [9.17, 15) is 4.79 Å². The van der Waals surface area contributed by atoms with Crippen LogP contribution in [0.5, 0.6) is 0 Å². The molecule has 0 radical (unpaired) electrons. The van der Waals surface area contributed by atoms with Crippen molar-refractivity contribution in [1.82, 2.24) is 14.9 Å². The van der Waals surface area contributed by atoms with Crippen molar-refractivity contribution in [3.8, 4) is 0 Å². The molecule has 1 aliphatic heterocycles. The van der Waals surface area contributed by atoms with Crippen LogP contribution in [0.2, 0.25) is 0 Å². The minimum absolute atomic E-state index is 0.0157. The normalized spacial score (nSPS) is 21.9. The molecule has 1 spiro atoms. The Labute approximate surface area is 169 Å². The Bertz CT molecular complexity index is 728. The van der Waals surface area contributed by atoms with E-state index in [-0.39, 0.29) is 16.7 Å². The molecule has 1 fully saturated rings. The highest BCUT2D eigenvalue weighted by Crippen LogP contribution is 2.47. The summed E-state index contributed by atoms with van der Waals surface area (Å²) in [7, 11) is 3.82. The van der Waals surface area contributed by atoms with Crippen LogP contribution in [0.4, 0.5) is 5.82 Å². The number of hydrogen-bond donors (Lipinski definition) is 0. The Hall–Kier alpha value is -1.69. The number of likely N-dealkylation sites (tertiary alicyclic amines) is 1. The molecule has 1 amide bonds. The van der Waals surface area contributed by atoms with Crippen molar-refractivity contribution in [2.75, 3.05) is 45.3 Å². The fourth-order valence-electron chi connectivity index (χ4n) is 4.57. The Kier molecular flexibility index (Phi) is 5.99. The lowest BCUT2D eigenvalue weighted by molar-refractivity contribution is -0.133. The highest BCUT2D eigenvalue weighted by Gasteiger charge is 2.46. The number of methoxy groups -OCH3 is 1. The second-order valence-corrected chi connectivity index (χ2v) is 9.42. The second kappa shape index (κ2) is 7.97. The maximum atomic E-state index is 12.4. The zero-order valence-corrected chi connectivity index (χ0v) is 18.5. The topological polar surface area (TPSA) is 58.6 Å². The Morgan fingerprint density at radius 3 is 2.68 bits per heavy atom. The number of hydrogen-bond acceptors (Lipinski definition) is 5. The number of nitrogens with zero attached hydrogens (tertiary/aromatic N) is 4. The van der Waals surface area contributed by atoms with Crippen LogP contribution in [0, 0.1) is 0 Å². The molecule has 0 aromatic carbocycles. The van der Waals surface area contributed by atoms with Crippen molar-refractivity contribution in [1.29, 1.82) is 0 Å². The first kappa shape index (κ1) is 21.0. The number of piperidine rings is 1. The molecule has 1 aromatic heterocycles. The largest absolute Gasteiger partial charge is 0.383 e. The number of rotatable bonds is 5. The van der Waals surface area contributed by atoms with Crippen molar-refractivity contribution in [3.63, 3.8) is 0 Å². The van der Waals surface area contributed by atoms with E-state index in [0.717, 1.165) is 57.0 Å². The lowest BCUT2D eigenvalue weighted by Crippen LogP contribution is -2.48. The van der Waals surface area contributed by atoms with Gasteiger partial charge in [0.2, 0.25) is 5.91 Å². The Morgan fingerprint density at radius 1 is 1.29 bits per heavy atom. The van der Waals surface area contributed by atoms with Crippen LogP contribution < -0.4 is 4.90 Å². The molecule has 6 heteroatoms. The van der Waals surface area contributed by atoms with E-state index in [4.69, 9.17) is 14.7 Å². The average Bonchev–Trinajstić information content (AvgIpc) is 3.02. The minimum Gasteiger partial charge on any atom is -0.383 e. The summed E-state index contributed by atoms with van der Waals surface area (Å²) in [5.74, 6) is 2.20. The molecule has 1 aliphatic carbocycles. The Balaban J connectivity index is 2.05. The molecule has 1 atom stereocenters. The zero-order valence-electron chi connectivity index (χ0n) is 18.5. The quantitative estimate of drug-likeness (QED) is 0.776. The molecule has 2 aliphatic rings. The van der Waals surface area contributed by atoms with Crippen molar-refractivity contribution in [2.24, 2.45) is 0 Å². The van der Waals surface area contributed by atoms with Crippen LogP contribution in [0.3, 0.4) is 0 Å². The molecule has 156 valence electrons. The number of aromatic nitrogens is 2. The molecule has 1 saturated heterocycles. The first-order chi connectivity index (χ1) is 13.2. The van der Waals surface area contributed by atoms with Crippen molar-refractivity contribution in [3.05, 3.63) is 17.1 Å². The number of carbonyl (C=O) groups excluding carboxylic acids is 1. The number of likely N-dealkylation sites (N-methyl/N-ethyl adjacent to an activating group) is 1. The van der Waals surface area contributed by atoms with Gasteiger partial charge in [0, 0.05) is 56.6 Å². The van der Waals surface area contributed by atoms with Gasteiger partial charge in [0.1, 0.15) is 11.6 Å². The lowest BCUT2D eigenvalue weighted by Gasteiger charge is -2.41. The van der Waals surface area contributed by atoms with E-state index in [1.165, 1.54) is 11.3 Å².